The van der Waals surface area contributed by atoms with Crippen molar-refractivity contribution in [2.75, 3.05) is 39.4 Å². The van der Waals surface area contributed by atoms with Crippen molar-refractivity contribution in [3.05, 3.63) is 71.8 Å². The Kier molecular flexibility index (Phi) is 6.38. The van der Waals surface area contributed by atoms with Crippen LogP contribution in [-0.4, -0.2) is 49.4 Å². The third kappa shape index (κ3) is 4.89. The normalized spacial score (nSPS) is 18.2. The maximum Gasteiger partial charge on any atom is 0.0914 e. The van der Waals surface area contributed by atoms with Gasteiger partial charge in [-0.25, -0.2) is 0 Å². The zero-order chi connectivity index (χ0) is 16.6. The molecular formula is C20H26N2O2. The van der Waals surface area contributed by atoms with Crippen LogP contribution in [0.5, 0.6) is 0 Å². The van der Waals surface area contributed by atoms with Crippen LogP contribution in [0.25, 0.3) is 0 Å². The maximum absolute atomic E-state index is 10.4. The van der Waals surface area contributed by atoms with E-state index in [0.717, 1.165) is 38.4 Å². The largest absolute Gasteiger partial charge is 0.387 e. The summed E-state index contributed by atoms with van der Waals surface area (Å²) in [6.45, 7) is 4.99. The van der Waals surface area contributed by atoms with E-state index in [1.165, 1.54) is 5.56 Å². The summed E-state index contributed by atoms with van der Waals surface area (Å²) in [5.74, 6) is 0. The van der Waals surface area contributed by atoms with Crippen LogP contribution in [0.2, 0.25) is 0 Å². The Morgan fingerprint density at radius 1 is 0.917 bits per heavy atom. The Balaban J connectivity index is 1.63. The lowest BCUT2D eigenvalue weighted by Crippen LogP contribution is -2.42. The van der Waals surface area contributed by atoms with Crippen LogP contribution in [0, 0.1) is 0 Å². The van der Waals surface area contributed by atoms with Crippen molar-refractivity contribution in [1.29, 1.82) is 0 Å². The van der Waals surface area contributed by atoms with Gasteiger partial charge in [-0.1, -0.05) is 60.7 Å². The number of rotatable bonds is 7. The fraction of sp³-hybridized carbons (Fsp3) is 0.400. The molecule has 0 bridgehead atoms. The summed E-state index contributed by atoms with van der Waals surface area (Å²) in [6.07, 6.45) is -0.498. The molecule has 0 spiro atoms. The first-order valence-electron chi connectivity index (χ1n) is 8.64. The van der Waals surface area contributed by atoms with Crippen LogP contribution >= 0.6 is 0 Å². The summed E-state index contributed by atoms with van der Waals surface area (Å²) in [6, 6.07) is 20.5. The molecule has 3 rings (SSSR count). The van der Waals surface area contributed by atoms with Crippen molar-refractivity contribution in [3.63, 3.8) is 0 Å². The lowest BCUT2D eigenvalue weighted by molar-refractivity contribution is 0.0326. The molecule has 2 unspecified atom stereocenters. The van der Waals surface area contributed by atoms with E-state index in [4.69, 9.17) is 4.74 Å². The van der Waals surface area contributed by atoms with Crippen molar-refractivity contribution in [1.82, 2.24) is 10.2 Å². The highest BCUT2D eigenvalue weighted by Gasteiger charge is 2.19. The van der Waals surface area contributed by atoms with Crippen molar-refractivity contribution in [3.8, 4) is 0 Å². The molecule has 0 amide bonds. The predicted octanol–water partition coefficient (Wildman–Crippen LogP) is 2.38. The van der Waals surface area contributed by atoms with E-state index < -0.39 is 6.10 Å². The minimum absolute atomic E-state index is 0.197. The predicted molar refractivity (Wildman–Crippen MR) is 95.8 cm³/mol. The van der Waals surface area contributed by atoms with E-state index in [2.05, 4.69) is 34.5 Å². The van der Waals surface area contributed by atoms with Gasteiger partial charge in [0.15, 0.2) is 0 Å². The molecule has 2 aromatic carbocycles. The summed E-state index contributed by atoms with van der Waals surface area (Å²) >= 11 is 0. The van der Waals surface area contributed by atoms with Crippen LogP contribution in [0.1, 0.15) is 23.3 Å². The summed E-state index contributed by atoms with van der Waals surface area (Å²) in [5.41, 5.74) is 2.20. The monoisotopic (exact) mass is 326 g/mol. The Morgan fingerprint density at radius 3 is 2.12 bits per heavy atom. The molecule has 4 heteroatoms. The molecule has 128 valence electrons. The average Bonchev–Trinajstić information content (AvgIpc) is 2.67. The smallest absolute Gasteiger partial charge is 0.0914 e. The van der Waals surface area contributed by atoms with Crippen LogP contribution < -0.4 is 5.32 Å². The van der Waals surface area contributed by atoms with Crippen LogP contribution in [0.15, 0.2) is 60.7 Å². The first kappa shape index (κ1) is 17.1. The van der Waals surface area contributed by atoms with Gasteiger partial charge in [-0.15, -0.1) is 0 Å². The third-order valence-electron chi connectivity index (χ3n) is 4.49. The molecule has 1 aliphatic rings. The summed E-state index contributed by atoms with van der Waals surface area (Å²) in [5, 5.41) is 14.0. The number of nitrogens with one attached hydrogen (secondary N) is 1. The van der Waals surface area contributed by atoms with E-state index in [0.29, 0.717) is 6.54 Å². The molecule has 1 aliphatic heterocycles. The second-order valence-electron chi connectivity index (χ2n) is 6.21. The molecule has 0 aromatic heterocycles. The molecule has 24 heavy (non-hydrogen) atoms. The minimum atomic E-state index is -0.498. The van der Waals surface area contributed by atoms with E-state index >= 15 is 0 Å². The van der Waals surface area contributed by atoms with Gasteiger partial charge in [0.05, 0.1) is 19.3 Å². The number of ether oxygens (including phenoxy) is 1. The highest BCUT2D eigenvalue weighted by molar-refractivity contribution is 5.20. The fourth-order valence-electron chi connectivity index (χ4n) is 3.06. The molecule has 0 aliphatic carbocycles. The van der Waals surface area contributed by atoms with Gasteiger partial charge >= 0.3 is 0 Å². The Bertz CT molecular complexity index is 585. The van der Waals surface area contributed by atoms with Gasteiger partial charge in [-0.2, -0.15) is 0 Å². The highest BCUT2D eigenvalue weighted by Crippen LogP contribution is 2.17. The average molecular weight is 326 g/mol. The van der Waals surface area contributed by atoms with Crippen molar-refractivity contribution >= 4 is 0 Å². The lowest BCUT2D eigenvalue weighted by Gasteiger charge is -2.31. The number of hydrogen-bond donors (Lipinski definition) is 2. The second kappa shape index (κ2) is 8.94. The molecule has 1 saturated heterocycles. The maximum atomic E-state index is 10.4. The molecule has 2 N–H and O–H groups in total. The molecule has 0 saturated carbocycles. The third-order valence-corrected chi connectivity index (χ3v) is 4.49. The van der Waals surface area contributed by atoms with Gasteiger partial charge in [0, 0.05) is 32.2 Å². The standard InChI is InChI=1S/C20H26N2O2/c23-20(18-9-5-2-6-10-18)15-21-19(17-7-3-1-4-8-17)16-22-11-13-24-14-12-22/h1-10,19-21,23H,11-16H2. The van der Waals surface area contributed by atoms with Gasteiger partial charge in [-0.3, -0.25) is 4.90 Å². The van der Waals surface area contributed by atoms with Crippen molar-refractivity contribution < 1.29 is 9.84 Å². The summed E-state index contributed by atoms with van der Waals surface area (Å²) in [7, 11) is 0. The first-order valence-corrected chi connectivity index (χ1v) is 8.64. The molecule has 2 aromatic rings. The molecule has 1 fully saturated rings. The fourth-order valence-corrected chi connectivity index (χ4v) is 3.06. The van der Waals surface area contributed by atoms with Gasteiger partial charge < -0.3 is 15.2 Å². The zero-order valence-electron chi connectivity index (χ0n) is 14.0. The Hall–Kier alpha value is -1.72. The van der Waals surface area contributed by atoms with E-state index in [1.54, 1.807) is 0 Å². The Labute approximate surface area is 144 Å². The molecular weight excluding hydrogens is 300 g/mol. The van der Waals surface area contributed by atoms with Gasteiger partial charge in [0.1, 0.15) is 0 Å². The topological polar surface area (TPSA) is 44.7 Å². The lowest BCUT2D eigenvalue weighted by atomic mass is 10.0. The first-order chi connectivity index (χ1) is 11.8. The number of benzene rings is 2. The van der Waals surface area contributed by atoms with Gasteiger partial charge in [0.2, 0.25) is 0 Å². The van der Waals surface area contributed by atoms with Crippen molar-refractivity contribution in [2.24, 2.45) is 0 Å². The number of morpholine rings is 1. The number of aliphatic hydroxyl groups is 1. The molecule has 1 heterocycles. The molecule has 0 radical (unpaired) electrons. The number of nitrogens with zero attached hydrogens (tertiary/aromatic N) is 1. The zero-order valence-corrected chi connectivity index (χ0v) is 14.0. The summed E-state index contributed by atoms with van der Waals surface area (Å²) in [4.78, 5) is 2.42. The van der Waals surface area contributed by atoms with E-state index in [-0.39, 0.29) is 6.04 Å². The van der Waals surface area contributed by atoms with Crippen LogP contribution in [-0.2, 0) is 4.74 Å². The van der Waals surface area contributed by atoms with Crippen molar-refractivity contribution in [2.45, 2.75) is 12.1 Å². The number of aliphatic hydroxyl groups excluding tert-OH is 1. The second-order valence-corrected chi connectivity index (χ2v) is 6.21. The summed E-state index contributed by atoms with van der Waals surface area (Å²) < 4.78 is 5.44. The molecule has 4 nitrogen and oxygen atoms in total. The highest BCUT2D eigenvalue weighted by atomic mass is 16.5. The van der Waals surface area contributed by atoms with E-state index in [9.17, 15) is 5.11 Å². The van der Waals surface area contributed by atoms with Crippen LogP contribution in [0.3, 0.4) is 0 Å². The van der Waals surface area contributed by atoms with Gasteiger partial charge in [0.25, 0.3) is 0 Å². The van der Waals surface area contributed by atoms with E-state index in [1.807, 2.05) is 36.4 Å². The number of hydrogen-bond acceptors (Lipinski definition) is 4. The Morgan fingerprint density at radius 2 is 1.50 bits per heavy atom. The minimum Gasteiger partial charge on any atom is -0.387 e. The quantitative estimate of drug-likeness (QED) is 0.820. The molecule has 2 atom stereocenters. The SMILES string of the molecule is OC(CNC(CN1CCOCC1)c1ccccc1)c1ccccc1. The van der Waals surface area contributed by atoms with Crippen LogP contribution in [0.4, 0.5) is 0 Å². The van der Waals surface area contributed by atoms with Gasteiger partial charge in [-0.05, 0) is 11.1 Å².